The maximum atomic E-state index is 14.3. The van der Waals surface area contributed by atoms with Gasteiger partial charge in [-0.25, -0.2) is 14.6 Å². The first-order valence-electron chi connectivity index (χ1n) is 29.0. The van der Waals surface area contributed by atoms with Gasteiger partial charge in [0.1, 0.15) is 24.0 Å². The van der Waals surface area contributed by atoms with Crippen LogP contribution in [0.4, 0.5) is 11.8 Å². The predicted molar refractivity (Wildman–Crippen MR) is 301 cm³/mol. The minimum atomic E-state index is -0.222. The van der Waals surface area contributed by atoms with Gasteiger partial charge in [0.05, 0.1) is 95.6 Å². The molecule has 17 nitrogen and oxygen atoms in total. The maximum absolute atomic E-state index is 14.3. The highest BCUT2D eigenvalue weighted by atomic mass is 16.6. The molecule has 4 heterocycles. The van der Waals surface area contributed by atoms with E-state index in [9.17, 15) is 9.59 Å². The molecule has 4 aromatic rings. The van der Waals surface area contributed by atoms with Crippen molar-refractivity contribution in [2.75, 3.05) is 124 Å². The van der Waals surface area contributed by atoms with E-state index < -0.39 is 0 Å². The average molecular weight is 1060 g/mol. The van der Waals surface area contributed by atoms with E-state index in [1.54, 1.807) is 0 Å². The molecule has 0 bridgehead atoms. The van der Waals surface area contributed by atoms with Crippen LogP contribution < -0.4 is 20.3 Å². The number of ketones is 1. The first-order valence-corrected chi connectivity index (χ1v) is 29.0. The van der Waals surface area contributed by atoms with E-state index in [0.29, 0.717) is 103 Å². The zero-order valence-electron chi connectivity index (χ0n) is 46.7. The molecule has 2 aromatic heterocycles. The van der Waals surface area contributed by atoms with Crippen LogP contribution in [-0.4, -0.2) is 179 Å². The van der Waals surface area contributed by atoms with Crippen molar-refractivity contribution in [2.24, 2.45) is 17.8 Å². The van der Waals surface area contributed by atoms with Gasteiger partial charge in [0, 0.05) is 64.3 Å². The summed E-state index contributed by atoms with van der Waals surface area (Å²) in [4.78, 5) is 43.7. The Morgan fingerprint density at radius 2 is 1.43 bits per heavy atom. The molecule has 2 aliphatic carbocycles. The Hall–Kier alpha value is -5.01. The van der Waals surface area contributed by atoms with E-state index in [1.807, 2.05) is 69.4 Å². The Bertz CT molecular complexity index is 2340. The number of aromatic nitrogens is 4. The molecule has 77 heavy (non-hydrogen) atoms. The van der Waals surface area contributed by atoms with Gasteiger partial charge in [0.2, 0.25) is 11.9 Å². The Labute approximate surface area is 458 Å². The topological polar surface area (TPSA) is 167 Å². The van der Waals surface area contributed by atoms with Crippen molar-refractivity contribution in [3.8, 4) is 17.0 Å². The number of carbonyl (C=O) groups excluding carboxylic acids is 2. The summed E-state index contributed by atoms with van der Waals surface area (Å²) in [6.07, 6.45) is 17.1. The molecule has 422 valence electrons. The number of carbonyl (C=O) groups is 2. The number of hydrogen-bond donors (Lipinski definition) is 2. The molecule has 2 saturated heterocycles. The SMILES string of the molecule is CN[C@@H](C)C(=O)CC(C(=O)N1CC[C@@H]2CCN(CCc3ccc(OCCOCCOCCOCCOCCOC4CCC(Nc5nccc(-c6cnn(Cc7ccccc7)c6N(C)C)n5)CC4)cc3)C[C@@H]21)C1CCCCC1. The summed E-state index contributed by atoms with van der Waals surface area (Å²) in [6, 6.07) is 21.0. The number of ether oxygens (including phenoxy) is 6. The summed E-state index contributed by atoms with van der Waals surface area (Å²) in [5, 5.41) is 11.4. The van der Waals surface area contributed by atoms with Crippen molar-refractivity contribution >= 4 is 23.5 Å². The molecule has 4 atom stereocenters. The zero-order valence-corrected chi connectivity index (χ0v) is 46.7. The summed E-state index contributed by atoms with van der Waals surface area (Å²) in [5.74, 6) is 3.58. The highest BCUT2D eigenvalue weighted by Gasteiger charge is 2.44. The second-order valence-corrected chi connectivity index (χ2v) is 21.8. The van der Waals surface area contributed by atoms with Crippen molar-refractivity contribution in [1.82, 2.24) is 34.9 Å². The molecular weight excluding hydrogens is 975 g/mol. The number of fused-ring (bicyclic) bond motifs is 1. The molecule has 2 saturated carbocycles. The number of nitrogens with one attached hydrogen (secondary N) is 2. The number of Topliss-reactive ketones (excluding diaryl/α,β-unsaturated/α-hetero) is 1. The van der Waals surface area contributed by atoms with Crippen LogP contribution in [0.1, 0.15) is 95.1 Å². The third kappa shape index (κ3) is 17.7. The largest absolute Gasteiger partial charge is 0.491 e. The quantitative estimate of drug-likeness (QED) is 0.0460. The molecule has 2 aromatic carbocycles. The lowest BCUT2D eigenvalue weighted by Gasteiger charge is -2.40. The second kappa shape index (κ2) is 31.0. The molecule has 1 amide bonds. The maximum Gasteiger partial charge on any atom is 0.226 e. The molecule has 8 rings (SSSR count). The van der Waals surface area contributed by atoms with E-state index in [-0.39, 0.29) is 35.8 Å². The van der Waals surface area contributed by atoms with Crippen LogP contribution in [0.25, 0.3) is 11.3 Å². The van der Waals surface area contributed by atoms with Gasteiger partial charge in [-0.3, -0.25) is 9.59 Å². The number of likely N-dealkylation sites (N-methyl/N-ethyl adjacent to an activating group) is 1. The third-order valence-corrected chi connectivity index (χ3v) is 16.3. The van der Waals surface area contributed by atoms with Crippen molar-refractivity contribution in [3.63, 3.8) is 0 Å². The first-order chi connectivity index (χ1) is 37.7. The number of amides is 1. The van der Waals surface area contributed by atoms with Crippen LogP contribution in [0, 0.1) is 17.8 Å². The monoisotopic (exact) mass is 1060 g/mol. The van der Waals surface area contributed by atoms with E-state index in [2.05, 4.69) is 66.7 Å². The minimum absolute atomic E-state index is 0.161. The summed E-state index contributed by atoms with van der Waals surface area (Å²) in [5.41, 5.74) is 4.29. The van der Waals surface area contributed by atoms with Gasteiger partial charge in [0.25, 0.3) is 0 Å². The summed E-state index contributed by atoms with van der Waals surface area (Å²) in [6.45, 7) is 11.5. The average Bonchev–Trinajstić information content (AvgIpc) is 4.11. The summed E-state index contributed by atoms with van der Waals surface area (Å²) >= 11 is 0. The lowest BCUT2D eigenvalue weighted by Crippen LogP contribution is -2.52. The highest BCUT2D eigenvalue weighted by Crippen LogP contribution is 2.38. The number of likely N-dealkylation sites (tertiary alicyclic amines) is 2. The standard InChI is InChI=1S/C60H89N9O8/c1-45(61-2)57(70)41-53(48-13-9-6-10-14-48)59(71)68-30-26-49-25-29-67(44-56(49)68)28-24-46-15-19-51(20-16-46)76-39-37-74-35-33-72-31-32-73-34-36-75-38-40-77-52-21-17-50(18-22-52)64-60-62-27-23-55(65-60)54-42-63-69(58(54)66(3)4)43-47-11-7-5-8-12-47/h5,7-8,11-12,15-16,19-20,23,27,42,45,48-50,52-53,56,61H,6,9-10,13-14,17-18,21-22,24-26,28-41,43-44H2,1-4H3,(H,62,64,65)/t45-,49-,50?,52?,53?,56-/m0/s1. The molecule has 2 N–H and O–H groups in total. The molecule has 4 fully saturated rings. The van der Waals surface area contributed by atoms with Crippen LogP contribution in [0.3, 0.4) is 0 Å². The van der Waals surface area contributed by atoms with Gasteiger partial charge in [0.15, 0.2) is 0 Å². The molecule has 0 spiro atoms. The Balaban J connectivity index is 0.604. The molecule has 0 radical (unpaired) electrons. The van der Waals surface area contributed by atoms with Crippen molar-refractivity contribution in [1.29, 1.82) is 0 Å². The predicted octanol–water partition coefficient (Wildman–Crippen LogP) is 7.57. The second-order valence-electron chi connectivity index (χ2n) is 21.8. The number of piperidine rings is 1. The number of benzene rings is 2. The normalized spacial score (nSPS) is 20.9. The van der Waals surface area contributed by atoms with E-state index >= 15 is 0 Å². The van der Waals surface area contributed by atoms with Crippen molar-refractivity contribution in [3.05, 3.63) is 84.2 Å². The van der Waals surface area contributed by atoms with Gasteiger partial charge in [-0.15, -0.1) is 0 Å². The molecule has 4 aliphatic rings. The molecule has 17 heteroatoms. The Kier molecular flexibility index (Phi) is 23.4. The summed E-state index contributed by atoms with van der Waals surface area (Å²) in [7, 11) is 5.90. The molecular formula is C60H89N9O8. The zero-order chi connectivity index (χ0) is 53.6. The lowest BCUT2D eigenvalue weighted by molar-refractivity contribution is -0.142. The van der Waals surface area contributed by atoms with Crippen LogP contribution >= 0.6 is 0 Å². The van der Waals surface area contributed by atoms with Crippen molar-refractivity contribution in [2.45, 2.75) is 121 Å². The van der Waals surface area contributed by atoms with Crippen LogP contribution in [-0.2, 0) is 46.2 Å². The molecule has 2 aliphatic heterocycles. The Morgan fingerprint density at radius 3 is 2.12 bits per heavy atom. The highest BCUT2D eigenvalue weighted by molar-refractivity contribution is 5.90. The van der Waals surface area contributed by atoms with Gasteiger partial charge in [-0.05, 0) is 119 Å². The first kappa shape index (κ1) is 58.1. The van der Waals surface area contributed by atoms with Crippen LogP contribution in [0.2, 0.25) is 0 Å². The fourth-order valence-electron chi connectivity index (χ4n) is 11.8. The van der Waals surface area contributed by atoms with Crippen molar-refractivity contribution < 1.29 is 38.0 Å². The fraction of sp³-hybridized carbons (Fsp3) is 0.650. The lowest BCUT2D eigenvalue weighted by atomic mass is 9.76. The Morgan fingerprint density at radius 1 is 0.753 bits per heavy atom. The smallest absolute Gasteiger partial charge is 0.226 e. The van der Waals surface area contributed by atoms with Gasteiger partial charge in [-0.1, -0.05) is 61.7 Å². The van der Waals surface area contributed by atoms with Crippen LogP contribution in [0.15, 0.2) is 73.1 Å². The van der Waals surface area contributed by atoms with E-state index in [1.165, 1.54) is 30.4 Å². The van der Waals surface area contributed by atoms with Gasteiger partial charge >= 0.3 is 0 Å². The fourth-order valence-corrected chi connectivity index (χ4v) is 11.8. The molecule has 1 unspecified atom stereocenters. The van der Waals surface area contributed by atoms with E-state index in [0.717, 1.165) is 107 Å². The third-order valence-electron chi connectivity index (χ3n) is 16.3. The van der Waals surface area contributed by atoms with Crippen LogP contribution in [0.5, 0.6) is 5.75 Å². The number of hydrogen-bond acceptors (Lipinski definition) is 15. The number of anilines is 2. The van der Waals surface area contributed by atoms with E-state index in [4.69, 9.17) is 38.5 Å². The number of rotatable bonds is 32. The van der Waals surface area contributed by atoms with Gasteiger partial charge in [-0.2, -0.15) is 5.10 Å². The minimum Gasteiger partial charge on any atom is -0.491 e. The number of nitrogens with zero attached hydrogens (tertiary/aromatic N) is 7. The summed E-state index contributed by atoms with van der Waals surface area (Å²) < 4.78 is 36.9. The van der Waals surface area contributed by atoms with Gasteiger partial charge < -0.3 is 53.8 Å².